The summed E-state index contributed by atoms with van der Waals surface area (Å²) in [4.78, 5) is 14.6. The number of hydrogen-bond acceptors (Lipinski definition) is 3. The van der Waals surface area contributed by atoms with Crippen molar-refractivity contribution in [1.29, 1.82) is 0 Å². The molecule has 0 aromatic heterocycles. The maximum Gasteiger partial charge on any atom is 0.435 e. The maximum absolute atomic E-state index is 14.9. The Labute approximate surface area is 226 Å². The van der Waals surface area contributed by atoms with E-state index >= 15 is 0 Å². The summed E-state index contributed by atoms with van der Waals surface area (Å²) in [6, 6.07) is 4.36. The average molecular weight is 598 g/mol. The van der Waals surface area contributed by atoms with Gasteiger partial charge >= 0.3 is 18.0 Å². The first-order valence-corrected chi connectivity index (χ1v) is 14.0. The van der Waals surface area contributed by atoms with Gasteiger partial charge in [-0.3, -0.25) is 4.79 Å². The van der Waals surface area contributed by atoms with Crippen LogP contribution in [0.1, 0.15) is 56.7 Å². The van der Waals surface area contributed by atoms with E-state index in [-0.39, 0.29) is 47.7 Å². The van der Waals surface area contributed by atoms with E-state index in [9.17, 15) is 48.3 Å². The predicted octanol–water partition coefficient (Wildman–Crippen LogP) is 6.77. The molecule has 1 amide bonds. The number of benzene rings is 2. The van der Waals surface area contributed by atoms with Gasteiger partial charge in [0.2, 0.25) is 5.91 Å². The minimum Gasteiger partial charge on any atom is -0.337 e. The highest BCUT2D eigenvalue weighted by Crippen LogP contribution is 2.57. The number of amides is 1. The van der Waals surface area contributed by atoms with Crippen LogP contribution in [0.4, 0.5) is 35.1 Å². The molecule has 4 nitrogen and oxygen atoms in total. The highest BCUT2D eigenvalue weighted by Gasteiger charge is 2.74. The molecule has 0 unspecified atom stereocenters. The molecule has 2 aromatic rings. The van der Waals surface area contributed by atoms with Crippen LogP contribution in [0.3, 0.4) is 0 Å². The Hall–Kier alpha value is -2.70. The minimum atomic E-state index is -6.34. The molecular formula is C27H27F8NO3S. The summed E-state index contributed by atoms with van der Waals surface area (Å²) in [5, 5.41) is 0. The molecule has 13 heteroatoms. The summed E-state index contributed by atoms with van der Waals surface area (Å²) in [6.07, 6.45) is -12.8. The lowest BCUT2D eigenvalue weighted by Crippen LogP contribution is -2.54. The normalized spacial score (nSPS) is 22.2. The smallest absolute Gasteiger partial charge is 0.337 e. The second-order valence-corrected chi connectivity index (χ2v) is 13.1. The summed E-state index contributed by atoms with van der Waals surface area (Å²) < 4.78 is 136. The van der Waals surface area contributed by atoms with Gasteiger partial charge in [0.1, 0.15) is 10.6 Å². The molecule has 0 spiro atoms. The molecule has 40 heavy (non-hydrogen) atoms. The molecule has 1 aliphatic carbocycles. The van der Waals surface area contributed by atoms with Gasteiger partial charge in [-0.15, -0.1) is 0 Å². The third-order valence-corrected chi connectivity index (χ3v) is 10.9. The van der Waals surface area contributed by atoms with E-state index in [0.717, 1.165) is 30.3 Å². The number of halogens is 8. The van der Waals surface area contributed by atoms with Gasteiger partial charge in [-0.05, 0) is 61.1 Å². The third kappa shape index (κ3) is 4.21. The summed E-state index contributed by atoms with van der Waals surface area (Å²) >= 11 is 0. The first-order valence-electron chi connectivity index (χ1n) is 12.5. The van der Waals surface area contributed by atoms with Gasteiger partial charge < -0.3 is 4.90 Å². The van der Waals surface area contributed by atoms with Crippen LogP contribution >= 0.6 is 0 Å². The van der Waals surface area contributed by atoms with E-state index in [2.05, 4.69) is 0 Å². The summed E-state index contributed by atoms with van der Waals surface area (Å²) in [7, 11) is -4.51. The second-order valence-electron chi connectivity index (χ2n) is 10.9. The van der Waals surface area contributed by atoms with E-state index < -0.39 is 55.4 Å². The monoisotopic (exact) mass is 597 g/mol. The van der Waals surface area contributed by atoms with Crippen molar-refractivity contribution >= 4 is 15.7 Å². The average Bonchev–Trinajstić information content (AvgIpc) is 3.27. The fraction of sp³-hybridized carbons (Fsp3) is 0.519. The van der Waals surface area contributed by atoms with E-state index in [1.54, 1.807) is 20.8 Å². The van der Waals surface area contributed by atoms with Gasteiger partial charge in [-0.25, -0.2) is 17.2 Å². The molecule has 0 radical (unpaired) electrons. The topological polar surface area (TPSA) is 54.5 Å². The van der Waals surface area contributed by atoms with Crippen molar-refractivity contribution in [1.82, 2.24) is 4.90 Å². The lowest BCUT2D eigenvalue weighted by Gasteiger charge is -2.44. The van der Waals surface area contributed by atoms with Crippen molar-refractivity contribution in [2.75, 3.05) is 6.54 Å². The molecule has 0 bridgehead atoms. The van der Waals surface area contributed by atoms with Crippen LogP contribution < -0.4 is 0 Å². The second kappa shape index (κ2) is 9.42. The standard InChI is InChI=1S/C27H27F8NO3S/c1-4-23(2,3)22(37)36-14-13-24(40(38,39)19-9-7-18(28)8-10-19)20-11-6-17(15-16(20)5-12-21(24)36)25(29,26(30,31)32)27(33,34)35/h6-11,15,21H,4-5,12-14H2,1-3H3/t21-,24-/m1/s1. The number of carbonyl (C=O) groups excluding carboxylic acids is 1. The number of carbonyl (C=O) groups is 1. The van der Waals surface area contributed by atoms with E-state index in [0.29, 0.717) is 18.6 Å². The van der Waals surface area contributed by atoms with Crippen molar-refractivity contribution in [2.24, 2.45) is 5.41 Å². The Morgan fingerprint density at radius 2 is 1.55 bits per heavy atom. The number of aryl methyl sites for hydroxylation is 1. The van der Waals surface area contributed by atoms with E-state index in [1.807, 2.05) is 0 Å². The fourth-order valence-electron chi connectivity index (χ4n) is 5.84. The summed E-state index contributed by atoms with van der Waals surface area (Å²) in [5.74, 6) is -1.08. The Kier molecular flexibility index (Phi) is 7.13. The lowest BCUT2D eigenvalue weighted by atomic mass is 9.76. The van der Waals surface area contributed by atoms with Gasteiger partial charge in [-0.1, -0.05) is 39.0 Å². The number of nitrogens with zero attached hydrogens (tertiary/aromatic N) is 1. The van der Waals surface area contributed by atoms with Crippen LogP contribution in [0.25, 0.3) is 0 Å². The molecule has 0 N–H and O–H groups in total. The van der Waals surface area contributed by atoms with Gasteiger partial charge in [0, 0.05) is 17.5 Å². The van der Waals surface area contributed by atoms with Crippen LogP contribution in [0.2, 0.25) is 0 Å². The van der Waals surface area contributed by atoms with Crippen molar-refractivity contribution < 1.29 is 48.3 Å². The van der Waals surface area contributed by atoms with Crippen molar-refractivity contribution in [2.45, 2.75) is 80.2 Å². The zero-order valence-electron chi connectivity index (χ0n) is 21.8. The summed E-state index contributed by atoms with van der Waals surface area (Å²) in [5.41, 5.74) is -8.57. The molecule has 2 atom stereocenters. The molecule has 1 heterocycles. The van der Waals surface area contributed by atoms with Gasteiger partial charge in [-0.2, -0.15) is 26.3 Å². The van der Waals surface area contributed by atoms with Crippen LogP contribution in [0, 0.1) is 11.2 Å². The van der Waals surface area contributed by atoms with E-state index in [4.69, 9.17) is 0 Å². The van der Waals surface area contributed by atoms with Crippen LogP contribution in [-0.2, 0) is 31.5 Å². The Bertz CT molecular complexity index is 1400. The van der Waals surface area contributed by atoms with E-state index in [1.165, 1.54) is 4.90 Å². The molecule has 0 saturated carbocycles. The maximum atomic E-state index is 14.9. The zero-order chi connectivity index (χ0) is 30.1. The number of sulfone groups is 1. The molecule has 4 rings (SSSR count). The third-order valence-electron chi connectivity index (χ3n) is 8.39. The van der Waals surface area contributed by atoms with Gasteiger partial charge in [0.25, 0.3) is 0 Å². The molecule has 1 fully saturated rings. The molecule has 1 saturated heterocycles. The van der Waals surface area contributed by atoms with Gasteiger partial charge in [0.05, 0.1) is 10.9 Å². The van der Waals surface area contributed by atoms with Crippen molar-refractivity contribution in [3.05, 3.63) is 65.0 Å². The van der Waals surface area contributed by atoms with Crippen LogP contribution in [0.5, 0.6) is 0 Å². The lowest BCUT2D eigenvalue weighted by molar-refractivity contribution is -0.348. The molecule has 2 aliphatic rings. The first-order chi connectivity index (χ1) is 18.3. The first kappa shape index (κ1) is 30.3. The molecule has 1 aliphatic heterocycles. The molecule has 220 valence electrons. The number of fused-ring (bicyclic) bond motifs is 3. The largest absolute Gasteiger partial charge is 0.435 e. The number of likely N-dealkylation sites (tertiary alicyclic amines) is 1. The Morgan fingerprint density at radius 3 is 2.08 bits per heavy atom. The molecule has 2 aromatic carbocycles. The van der Waals surface area contributed by atoms with Crippen LogP contribution in [-0.4, -0.2) is 44.2 Å². The highest BCUT2D eigenvalue weighted by atomic mass is 32.2. The zero-order valence-corrected chi connectivity index (χ0v) is 22.6. The Morgan fingerprint density at radius 1 is 0.975 bits per heavy atom. The number of hydrogen-bond donors (Lipinski definition) is 0. The SMILES string of the molecule is CCC(C)(C)C(=O)N1CC[C@@]2(S(=O)(=O)c3ccc(F)cc3)c3ccc(C(F)(C(F)(F)F)C(F)(F)F)cc3CC[C@@H]12. The quantitative estimate of drug-likeness (QED) is 0.283. The van der Waals surface area contributed by atoms with Crippen LogP contribution in [0.15, 0.2) is 47.4 Å². The summed E-state index contributed by atoms with van der Waals surface area (Å²) in [6.45, 7) is 5.09. The predicted molar refractivity (Wildman–Crippen MR) is 129 cm³/mol. The molecular weight excluding hydrogens is 570 g/mol. The fourth-order valence-corrected chi connectivity index (χ4v) is 8.20. The highest BCUT2D eigenvalue weighted by molar-refractivity contribution is 7.92. The number of rotatable bonds is 5. The van der Waals surface area contributed by atoms with Gasteiger partial charge in [0.15, 0.2) is 9.84 Å². The van der Waals surface area contributed by atoms with Crippen molar-refractivity contribution in [3.63, 3.8) is 0 Å². The Balaban J connectivity index is 1.97. The number of alkyl halides is 7. The minimum absolute atomic E-state index is 0.0489. The van der Waals surface area contributed by atoms with Crippen molar-refractivity contribution in [3.8, 4) is 0 Å².